The summed E-state index contributed by atoms with van der Waals surface area (Å²) in [6.45, 7) is 2.93. The van der Waals surface area contributed by atoms with E-state index in [4.69, 9.17) is 4.74 Å². The van der Waals surface area contributed by atoms with Crippen LogP contribution in [-0.2, 0) is 4.74 Å². The van der Waals surface area contributed by atoms with Crippen LogP contribution in [0.4, 0.5) is 0 Å². The van der Waals surface area contributed by atoms with Crippen LogP contribution in [0.1, 0.15) is 38.5 Å². The van der Waals surface area contributed by atoms with Gasteiger partial charge in [-0.05, 0) is 43.4 Å². The number of allylic oxidation sites excluding steroid dienone is 1. The zero-order valence-electron chi connectivity index (χ0n) is 12.3. The van der Waals surface area contributed by atoms with Crippen LogP contribution < -0.4 is 5.32 Å². The van der Waals surface area contributed by atoms with Crippen molar-refractivity contribution in [2.45, 2.75) is 50.7 Å². The van der Waals surface area contributed by atoms with Crippen LogP contribution >= 0.6 is 0 Å². The first-order chi connectivity index (χ1) is 9.93. The van der Waals surface area contributed by atoms with Crippen molar-refractivity contribution < 1.29 is 4.74 Å². The van der Waals surface area contributed by atoms with Crippen LogP contribution in [0.25, 0.3) is 0 Å². The molecule has 1 fully saturated rings. The molecule has 1 saturated carbocycles. The first kappa shape index (κ1) is 14.0. The van der Waals surface area contributed by atoms with Crippen molar-refractivity contribution in [3.05, 3.63) is 23.8 Å². The van der Waals surface area contributed by atoms with E-state index in [0.717, 1.165) is 25.5 Å². The lowest BCUT2D eigenvalue weighted by molar-refractivity contribution is 0.0462. The average Bonchev–Trinajstić information content (AvgIpc) is 2.97. The molecular formula is C17H26N2O. The SMILES string of the molecule is C1=CC2=CC=N[C@@H]2[C@@H](OCCNCC2CCCCC2)C1. The Morgan fingerprint density at radius 2 is 2.15 bits per heavy atom. The number of aliphatic imine (C=N–C) groups is 1. The summed E-state index contributed by atoms with van der Waals surface area (Å²) >= 11 is 0. The second kappa shape index (κ2) is 7.19. The van der Waals surface area contributed by atoms with E-state index < -0.39 is 0 Å². The fraction of sp³-hybridized carbons (Fsp3) is 0.706. The Labute approximate surface area is 122 Å². The Balaban J connectivity index is 1.31. The Hall–Kier alpha value is -0.930. The maximum atomic E-state index is 6.02. The lowest BCUT2D eigenvalue weighted by Crippen LogP contribution is -2.33. The van der Waals surface area contributed by atoms with Gasteiger partial charge in [-0.15, -0.1) is 0 Å². The predicted octanol–water partition coefficient (Wildman–Crippen LogP) is 2.88. The molecule has 0 spiro atoms. The van der Waals surface area contributed by atoms with Crippen molar-refractivity contribution in [3.63, 3.8) is 0 Å². The Morgan fingerprint density at radius 1 is 1.25 bits per heavy atom. The van der Waals surface area contributed by atoms with E-state index >= 15 is 0 Å². The van der Waals surface area contributed by atoms with Crippen LogP contribution in [0.15, 0.2) is 28.8 Å². The minimum absolute atomic E-state index is 0.237. The van der Waals surface area contributed by atoms with E-state index in [1.165, 1.54) is 44.2 Å². The van der Waals surface area contributed by atoms with Crippen molar-refractivity contribution in [3.8, 4) is 0 Å². The third-order valence-electron chi connectivity index (χ3n) is 4.65. The van der Waals surface area contributed by atoms with Gasteiger partial charge in [-0.3, -0.25) is 4.99 Å². The van der Waals surface area contributed by atoms with Gasteiger partial charge in [0, 0.05) is 12.8 Å². The summed E-state index contributed by atoms with van der Waals surface area (Å²) in [5.41, 5.74) is 1.30. The van der Waals surface area contributed by atoms with Crippen molar-refractivity contribution >= 4 is 6.21 Å². The van der Waals surface area contributed by atoms with E-state index in [1.54, 1.807) is 0 Å². The van der Waals surface area contributed by atoms with E-state index in [1.807, 2.05) is 6.21 Å². The highest BCUT2D eigenvalue weighted by Crippen LogP contribution is 2.26. The largest absolute Gasteiger partial charge is 0.374 e. The van der Waals surface area contributed by atoms with Crippen molar-refractivity contribution in [2.75, 3.05) is 19.7 Å². The maximum absolute atomic E-state index is 6.02. The highest BCUT2D eigenvalue weighted by atomic mass is 16.5. The van der Waals surface area contributed by atoms with Gasteiger partial charge in [0.25, 0.3) is 0 Å². The van der Waals surface area contributed by atoms with Gasteiger partial charge in [-0.1, -0.05) is 31.4 Å². The average molecular weight is 274 g/mol. The van der Waals surface area contributed by atoms with E-state index in [2.05, 4.69) is 28.5 Å². The normalized spacial score (nSPS) is 29.5. The van der Waals surface area contributed by atoms with Crippen molar-refractivity contribution in [1.29, 1.82) is 0 Å². The molecule has 2 atom stereocenters. The molecule has 3 nitrogen and oxygen atoms in total. The smallest absolute Gasteiger partial charge is 0.101 e. The lowest BCUT2D eigenvalue weighted by Gasteiger charge is -2.26. The van der Waals surface area contributed by atoms with Crippen LogP contribution in [0.3, 0.4) is 0 Å². The van der Waals surface area contributed by atoms with Gasteiger partial charge >= 0.3 is 0 Å². The predicted molar refractivity (Wildman–Crippen MR) is 83.3 cm³/mol. The molecule has 0 radical (unpaired) electrons. The first-order valence-electron chi connectivity index (χ1n) is 8.16. The molecule has 3 rings (SSSR count). The van der Waals surface area contributed by atoms with Gasteiger partial charge in [0.1, 0.15) is 6.04 Å². The monoisotopic (exact) mass is 274 g/mol. The highest BCUT2D eigenvalue weighted by Gasteiger charge is 2.27. The van der Waals surface area contributed by atoms with Gasteiger partial charge in [0.15, 0.2) is 0 Å². The number of nitrogens with one attached hydrogen (secondary N) is 1. The van der Waals surface area contributed by atoms with E-state index in [0.29, 0.717) is 0 Å². The fourth-order valence-corrected chi connectivity index (χ4v) is 3.48. The summed E-state index contributed by atoms with van der Waals surface area (Å²) < 4.78 is 6.02. The van der Waals surface area contributed by atoms with Crippen LogP contribution in [0.5, 0.6) is 0 Å². The summed E-state index contributed by atoms with van der Waals surface area (Å²) in [5.74, 6) is 0.898. The molecule has 0 aromatic rings. The molecule has 0 amide bonds. The topological polar surface area (TPSA) is 33.6 Å². The van der Waals surface area contributed by atoms with Gasteiger partial charge in [0.2, 0.25) is 0 Å². The number of hydrogen-bond acceptors (Lipinski definition) is 3. The molecule has 0 bridgehead atoms. The van der Waals surface area contributed by atoms with Gasteiger partial charge in [-0.2, -0.15) is 0 Å². The van der Waals surface area contributed by atoms with Crippen LogP contribution in [0, 0.1) is 5.92 Å². The van der Waals surface area contributed by atoms with Gasteiger partial charge in [-0.25, -0.2) is 0 Å². The zero-order valence-corrected chi connectivity index (χ0v) is 12.3. The maximum Gasteiger partial charge on any atom is 0.101 e. The van der Waals surface area contributed by atoms with Gasteiger partial charge in [0.05, 0.1) is 12.7 Å². The molecule has 110 valence electrons. The molecular weight excluding hydrogens is 248 g/mol. The number of hydrogen-bond donors (Lipinski definition) is 1. The summed E-state index contributed by atoms with van der Waals surface area (Å²) in [7, 11) is 0. The fourth-order valence-electron chi connectivity index (χ4n) is 3.48. The second-order valence-electron chi connectivity index (χ2n) is 6.17. The summed E-state index contributed by atoms with van der Waals surface area (Å²) in [6.07, 6.45) is 16.7. The van der Waals surface area contributed by atoms with Crippen molar-refractivity contribution in [2.24, 2.45) is 10.9 Å². The molecule has 1 heterocycles. The molecule has 20 heavy (non-hydrogen) atoms. The number of nitrogens with zero attached hydrogens (tertiary/aromatic N) is 1. The number of ether oxygens (including phenoxy) is 1. The second-order valence-corrected chi connectivity index (χ2v) is 6.17. The molecule has 1 N–H and O–H groups in total. The molecule has 0 aromatic carbocycles. The van der Waals surface area contributed by atoms with Crippen LogP contribution in [-0.4, -0.2) is 38.1 Å². The minimum Gasteiger partial charge on any atom is -0.374 e. The number of fused-ring (bicyclic) bond motifs is 1. The Bertz CT molecular complexity index is 394. The van der Waals surface area contributed by atoms with Crippen molar-refractivity contribution in [1.82, 2.24) is 5.32 Å². The highest BCUT2D eigenvalue weighted by molar-refractivity contribution is 5.77. The first-order valence-corrected chi connectivity index (χ1v) is 8.16. The molecule has 0 unspecified atom stereocenters. The molecule has 1 aliphatic heterocycles. The molecule has 3 aliphatic rings. The molecule has 3 heteroatoms. The third-order valence-corrected chi connectivity index (χ3v) is 4.65. The molecule has 0 aromatic heterocycles. The zero-order chi connectivity index (χ0) is 13.6. The van der Waals surface area contributed by atoms with Gasteiger partial charge < -0.3 is 10.1 Å². The summed E-state index contributed by atoms with van der Waals surface area (Å²) in [5, 5.41) is 3.56. The quantitative estimate of drug-likeness (QED) is 0.756. The van der Waals surface area contributed by atoms with E-state index in [9.17, 15) is 0 Å². The molecule has 2 aliphatic carbocycles. The summed E-state index contributed by atoms with van der Waals surface area (Å²) in [6, 6.07) is 0.248. The minimum atomic E-state index is 0.237. The summed E-state index contributed by atoms with van der Waals surface area (Å²) in [4.78, 5) is 4.50. The Kier molecular flexibility index (Phi) is 5.04. The van der Waals surface area contributed by atoms with Crippen LogP contribution in [0.2, 0.25) is 0 Å². The standard InChI is InChI=1S/C17H26N2O/c1-2-5-14(6-3-1)13-18-11-12-20-16-8-4-7-15-9-10-19-17(15)16/h4,7,9-10,14,16-18H,1-3,5-6,8,11-13H2/t16-,17-/m0/s1. The molecule has 0 saturated heterocycles. The lowest BCUT2D eigenvalue weighted by atomic mass is 9.89. The third kappa shape index (κ3) is 3.58. The van der Waals surface area contributed by atoms with E-state index in [-0.39, 0.29) is 12.1 Å². The number of rotatable bonds is 6. The Morgan fingerprint density at radius 3 is 3.05 bits per heavy atom.